The molecule has 24 heavy (non-hydrogen) atoms. The van der Waals surface area contributed by atoms with Gasteiger partial charge in [0.25, 0.3) is 5.91 Å². The molecule has 124 valence electrons. The first kappa shape index (κ1) is 16.4. The lowest BCUT2D eigenvalue weighted by Crippen LogP contribution is -2.42. The Balaban J connectivity index is 1.55. The van der Waals surface area contributed by atoms with E-state index < -0.39 is 5.91 Å². The molecule has 0 aromatic heterocycles. The third-order valence-electron chi connectivity index (χ3n) is 3.30. The highest BCUT2D eigenvalue weighted by Crippen LogP contribution is 2.32. The van der Waals surface area contributed by atoms with Crippen molar-refractivity contribution in [1.82, 2.24) is 10.9 Å². The molecule has 0 saturated carbocycles. The third-order valence-corrected chi connectivity index (χ3v) is 4.04. The van der Waals surface area contributed by atoms with Gasteiger partial charge < -0.3 is 9.47 Å². The molecule has 2 aromatic carbocycles. The molecule has 2 N–H and O–H groups in total. The number of hydrogen-bond donors (Lipinski definition) is 2. The van der Waals surface area contributed by atoms with Crippen LogP contribution in [0.3, 0.4) is 0 Å². The van der Waals surface area contributed by atoms with Crippen molar-refractivity contribution in [2.24, 2.45) is 0 Å². The molecule has 0 aliphatic carbocycles. The van der Waals surface area contributed by atoms with Crippen molar-refractivity contribution >= 4 is 35.0 Å². The molecule has 0 unspecified atom stereocenters. The van der Waals surface area contributed by atoms with Crippen LogP contribution >= 0.6 is 23.2 Å². The molecule has 1 aliphatic rings. The van der Waals surface area contributed by atoms with E-state index >= 15 is 0 Å². The van der Waals surface area contributed by atoms with Crippen molar-refractivity contribution < 1.29 is 19.1 Å². The zero-order valence-corrected chi connectivity index (χ0v) is 13.8. The minimum absolute atomic E-state index is 0.0539. The van der Waals surface area contributed by atoms with Gasteiger partial charge in [0.05, 0.1) is 16.5 Å². The van der Waals surface area contributed by atoms with Gasteiger partial charge in [-0.05, 0) is 35.9 Å². The van der Waals surface area contributed by atoms with Crippen molar-refractivity contribution in [1.29, 1.82) is 0 Å². The highest BCUT2D eigenvalue weighted by molar-refractivity contribution is 6.42. The molecule has 0 atom stereocenters. The standard InChI is InChI=1S/C16H12Cl2N2O4/c17-11-3-1-9(5-12(11)18)6-15(21)19-20-16(22)10-2-4-13-14(7-10)24-8-23-13/h1-5,7H,6,8H2,(H,19,21)(H,20,22). The van der Waals surface area contributed by atoms with Gasteiger partial charge in [-0.1, -0.05) is 29.3 Å². The first-order valence-electron chi connectivity index (χ1n) is 6.95. The molecule has 0 spiro atoms. The smallest absolute Gasteiger partial charge is 0.269 e. The lowest BCUT2D eigenvalue weighted by atomic mass is 10.1. The Bertz CT molecular complexity index is 811. The zero-order valence-electron chi connectivity index (χ0n) is 12.3. The van der Waals surface area contributed by atoms with Gasteiger partial charge in [-0.3, -0.25) is 20.4 Å². The molecular weight excluding hydrogens is 355 g/mol. The second-order valence-corrected chi connectivity index (χ2v) is 5.81. The van der Waals surface area contributed by atoms with Crippen molar-refractivity contribution in [3.8, 4) is 11.5 Å². The van der Waals surface area contributed by atoms with Crippen molar-refractivity contribution in [3.05, 3.63) is 57.6 Å². The van der Waals surface area contributed by atoms with Crippen molar-refractivity contribution in [3.63, 3.8) is 0 Å². The second-order valence-electron chi connectivity index (χ2n) is 5.00. The van der Waals surface area contributed by atoms with E-state index in [0.29, 0.717) is 32.7 Å². The summed E-state index contributed by atoms with van der Waals surface area (Å²) in [6.07, 6.45) is 0.0539. The maximum Gasteiger partial charge on any atom is 0.269 e. The number of ether oxygens (including phenoxy) is 2. The number of hydrogen-bond acceptors (Lipinski definition) is 4. The molecule has 2 amide bonds. The summed E-state index contributed by atoms with van der Waals surface area (Å²) in [6.45, 7) is 0.126. The monoisotopic (exact) mass is 366 g/mol. The lowest BCUT2D eigenvalue weighted by Gasteiger charge is -2.08. The molecular formula is C16H12Cl2N2O4. The van der Waals surface area contributed by atoms with E-state index in [1.807, 2.05) is 0 Å². The first-order valence-corrected chi connectivity index (χ1v) is 7.71. The van der Waals surface area contributed by atoms with Crippen LogP contribution in [0, 0.1) is 0 Å². The van der Waals surface area contributed by atoms with Gasteiger partial charge in [0.2, 0.25) is 12.7 Å². The van der Waals surface area contributed by atoms with Crippen LogP contribution in [0.15, 0.2) is 36.4 Å². The topological polar surface area (TPSA) is 76.7 Å². The quantitative estimate of drug-likeness (QED) is 0.818. The van der Waals surface area contributed by atoms with E-state index in [2.05, 4.69) is 10.9 Å². The maximum absolute atomic E-state index is 12.0. The van der Waals surface area contributed by atoms with Crippen LogP contribution in [0.5, 0.6) is 11.5 Å². The molecule has 0 bridgehead atoms. The molecule has 0 saturated heterocycles. The normalized spacial score (nSPS) is 11.9. The third kappa shape index (κ3) is 3.72. The number of benzene rings is 2. The summed E-state index contributed by atoms with van der Waals surface area (Å²) in [5.74, 6) is 0.221. The highest BCUT2D eigenvalue weighted by atomic mass is 35.5. The van der Waals surface area contributed by atoms with Gasteiger partial charge in [0.1, 0.15) is 0 Å². The predicted molar refractivity (Wildman–Crippen MR) is 88.3 cm³/mol. The van der Waals surface area contributed by atoms with E-state index in [4.69, 9.17) is 32.7 Å². The minimum Gasteiger partial charge on any atom is -0.454 e. The average Bonchev–Trinajstić information content (AvgIpc) is 3.03. The van der Waals surface area contributed by atoms with Crippen LogP contribution in [0.2, 0.25) is 10.0 Å². The largest absolute Gasteiger partial charge is 0.454 e. The number of carbonyl (C=O) groups excluding carboxylic acids is 2. The summed E-state index contributed by atoms with van der Waals surface area (Å²) in [6, 6.07) is 9.65. The van der Waals surface area contributed by atoms with Crippen LogP contribution in [-0.4, -0.2) is 18.6 Å². The number of halogens is 2. The van der Waals surface area contributed by atoms with E-state index in [1.54, 1.807) is 36.4 Å². The first-order chi connectivity index (χ1) is 11.5. The molecule has 0 radical (unpaired) electrons. The van der Waals surface area contributed by atoms with E-state index in [0.717, 1.165) is 0 Å². The van der Waals surface area contributed by atoms with Gasteiger partial charge >= 0.3 is 0 Å². The Morgan fingerprint density at radius 2 is 1.75 bits per heavy atom. The number of carbonyl (C=O) groups is 2. The molecule has 8 heteroatoms. The maximum atomic E-state index is 12.0. The van der Waals surface area contributed by atoms with E-state index in [-0.39, 0.29) is 19.1 Å². The van der Waals surface area contributed by atoms with Gasteiger partial charge in [-0.15, -0.1) is 0 Å². The minimum atomic E-state index is -0.462. The fraction of sp³-hybridized carbons (Fsp3) is 0.125. The summed E-state index contributed by atoms with van der Waals surface area (Å²) in [5.41, 5.74) is 5.71. The second kappa shape index (κ2) is 6.98. The number of nitrogens with one attached hydrogen (secondary N) is 2. The van der Waals surface area contributed by atoms with Crippen LogP contribution in [-0.2, 0) is 11.2 Å². The van der Waals surface area contributed by atoms with E-state index in [1.165, 1.54) is 0 Å². The summed E-state index contributed by atoms with van der Waals surface area (Å²) in [4.78, 5) is 23.9. The lowest BCUT2D eigenvalue weighted by molar-refractivity contribution is -0.121. The number of rotatable bonds is 3. The molecule has 1 heterocycles. The Morgan fingerprint density at radius 1 is 0.958 bits per heavy atom. The summed E-state index contributed by atoms with van der Waals surface area (Å²) in [7, 11) is 0. The average molecular weight is 367 g/mol. The van der Waals surface area contributed by atoms with Crippen molar-refractivity contribution in [2.75, 3.05) is 6.79 Å². The number of fused-ring (bicyclic) bond motifs is 1. The summed E-state index contributed by atoms with van der Waals surface area (Å²) in [5, 5.41) is 0.781. The SMILES string of the molecule is O=C(Cc1ccc(Cl)c(Cl)c1)NNC(=O)c1ccc2c(c1)OCO2. The Morgan fingerprint density at radius 3 is 2.54 bits per heavy atom. The van der Waals surface area contributed by atoms with Crippen LogP contribution in [0.1, 0.15) is 15.9 Å². The van der Waals surface area contributed by atoms with Crippen LogP contribution < -0.4 is 20.3 Å². The predicted octanol–water partition coefficient (Wildman–Crippen LogP) is 2.73. The number of amides is 2. The number of hydrazine groups is 1. The van der Waals surface area contributed by atoms with Gasteiger partial charge in [0, 0.05) is 5.56 Å². The van der Waals surface area contributed by atoms with E-state index in [9.17, 15) is 9.59 Å². The molecule has 2 aromatic rings. The summed E-state index contributed by atoms with van der Waals surface area (Å²) >= 11 is 11.7. The molecule has 1 aliphatic heterocycles. The van der Waals surface area contributed by atoms with Gasteiger partial charge in [-0.2, -0.15) is 0 Å². The highest BCUT2D eigenvalue weighted by Gasteiger charge is 2.16. The molecule has 3 rings (SSSR count). The Labute approximate surface area is 147 Å². The van der Waals surface area contributed by atoms with Crippen LogP contribution in [0.4, 0.5) is 0 Å². The Kier molecular flexibility index (Phi) is 4.78. The Hall–Kier alpha value is -2.44. The van der Waals surface area contributed by atoms with Crippen molar-refractivity contribution in [2.45, 2.75) is 6.42 Å². The zero-order chi connectivity index (χ0) is 17.1. The van der Waals surface area contributed by atoms with Crippen LogP contribution in [0.25, 0.3) is 0 Å². The fourth-order valence-electron chi connectivity index (χ4n) is 2.12. The molecule has 0 fully saturated rings. The molecule has 6 nitrogen and oxygen atoms in total. The summed E-state index contributed by atoms with van der Waals surface area (Å²) < 4.78 is 10.4. The van der Waals surface area contributed by atoms with Gasteiger partial charge in [0.15, 0.2) is 11.5 Å². The van der Waals surface area contributed by atoms with Gasteiger partial charge in [-0.25, -0.2) is 0 Å². The fourth-order valence-corrected chi connectivity index (χ4v) is 2.44.